The van der Waals surface area contributed by atoms with Gasteiger partial charge in [0.25, 0.3) is 0 Å². The van der Waals surface area contributed by atoms with Crippen LogP contribution in [0, 0.1) is 50.7 Å². The molecule has 0 amide bonds. The minimum atomic E-state index is -0.626. The lowest BCUT2D eigenvalue weighted by Gasteiger charge is -2.68. The van der Waals surface area contributed by atoms with Crippen molar-refractivity contribution in [2.75, 3.05) is 0 Å². The van der Waals surface area contributed by atoms with Crippen molar-refractivity contribution >= 4 is 5.97 Å². The van der Waals surface area contributed by atoms with E-state index < -0.39 is 5.97 Å². The van der Waals surface area contributed by atoms with Crippen LogP contribution >= 0.6 is 0 Å². The quantitative estimate of drug-likeness (QED) is 0.443. The molecule has 4 rings (SSSR count). The van der Waals surface area contributed by atoms with Crippen LogP contribution in [-0.4, -0.2) is 11.1 Å². The number of allylic oxidation sites excluding steroid dienone is 2. The van der Waals surface area contributed by atoms with Crippen LogP contribution in [0.3, 0.4) is 0 Å². The van der Waals surface area contributed by atoms with Gasteiger partial charge in [0.15, 0.2) is 0 Å². The molecule has 4 aliphatic rings. The van der Waals surface area contributed by atoms with E-state index in [1.54, 1.807) is 5.57 Å². The second-order valence-electron chi connectivity index (χ2n) is 14.6. The Morgan fingerprint density at radius 2 is 1.59 bits per heavy atom. The van der Waals surface area contributed by atoms with Crippen molar-refractivity contribution in [2.24, 2.45) is 50.7 Å². The maximum absolute atomic E-state index is 11.6. The number of carboxylic acid groups (broad SMARTS) is 1. The number of rotatable bonds is 4. The highest BCUT2D eigenvalue weighted by atomic mass is 16.4. The number of aliphatic carboxylic acids is 1. The Labute approximate surface area is 198 Å². The lowest BCUT2D eigenvalue weighted by atomic mass is 9.36. The summed E-state index contributed by atoms with van der Waals surface area (Å²) < 4.78 is 0. The SMILES string of the molecule is CC(C)[C@@H]1CC[C@@]2(C)C3=CC[C@@]4(C)CCC(C)(C)C[C@H]4[C@]3(C)CC[C@@H]2[C@@]1(C)CCC(=O)O. The highest BCUT2D eigenvalue weighted by molar-refractivity contribution is 5.66. The van der Waals surface area contributed by atoms with Gasteiger partial charge in [0, 0.05) is 6.42 Å². The lowest BCUT2D eigenvalue weighted by Crippen LogP contribution is -2.59. The molecule has 32 heavy (non-hydrogen) atoms. The topological polar surface area (TPSA) is 37.3 Å². The third-order valence-corrected chi connectivity index (χ3v) is 11.8. The van der Waals surface area contributed by atoms with E-state index in [0.717, 1.165) is 12.3 Å². The third kappa shape index (κ3) is 3.52. The second kappa shape index (κ2) is 7.61. The summed E-state index contributed by atoms with van der Waals surface area (Å²) in [6.45, 7) is 20.0. The summed E-state index contributed by atoms with van der Waals surface area (Å²) in [4.78, 5) is 11.6. The molecular formula is C30H50O2. The van der Waals surface area contributed by atoms with Crippen LogP contribution in [0.25, 0.3) is 0 Å². The predicted molar refractivity (Wildman–Crippen MR) is 133 cm³/mol. The lowest BCUT2D eigenvalue weighted by molar-refractivity contribution is -0.144. The maximum Gasteiger partial charge on any atom is 0.303 e. The molecule has 0 aliphatic heterocycles. The van der Waals surface area contributed by atoms with Gasteiger partial charge in [0.1, 0.15) is 0 Å². The molecule has 3 fully saturated rings. The molecule has 7 atom stereocenters. The van der Waals surface area contributed by atoms with Gasteiger partial charge in [-0.25, -0.2) is 0 Å². The Hall–Kier alpha value is -0.790. The fraction of sp³-hybridized carbons (Fsp3) is 0.900. The summed E-state index contributed by atoms with van der Waals surface area (Å²) in [5.41, 5.74) is 3.36. The van der Waals surface area contributed by atoms with Gasteiger partial charge in [-0.05, 0) is 109 Å². The average Bonchev–Trinajstić information content (AvgIpc) is 2.67. The van der Waals surface area contributed by atoms with E-state index in [0.29, 0.717) is 40.4 Å². The summed E-state index contributed by atoms with van der Waals surface area (Å²) in [6, 6.07) is 0. The van der Waals surface area contributed by atoms with Gasteiger partial charge in [0.05, 0.1) is 0 Å². The van der Waals surface area contributed by atoms with Crippen LogP contribution in [0.4, 0.5) is 0 Å². The molecule has 0 saturated heterocycles. The zero-order chi connectivity index (χ0) is 23.7. The third-order valence-electron chi connectivity index (χ3n) is 11.8. The Kier molecular flexibility index (Phi) is 5.79. The van der Waals surface area contributed by atoms with Gasteiger partial charge < -0.3 is 5.11 Å². The highest BCUT2D eigenvalue weighted by Crippen LogP contribution is 2.73. The smallest absolute Gasteiger partial charge is 0.303 e. The predicted octanol–water partition coefficient (Wildman–Crippen LogP) is 8.51. The van der Waals surface area contributed by atoms with Crippen molar-refractivity contribution in [1.82, 2.24) is 0 Å². The summed E-state index contributed by atoms with van der Waals surface area (Å²) in [7, 11) is 0. The molecule has 0 radical (unpaired) electrons. The molecule has 0 aromatic carbocycles. The Bertz CT molecular complexity index is 793. The van der Waals surface area contributed by atoms with Crippen LogP contribution in [0.1, 0.15) is 120 Å². The summed E-state index contributed by atoms with van der Waals surface area (Å²) in [5.74, 6) is 2.01. The van der Waals surface area contributed by atoms with E-state index in [2.05, 4.69) is 61.5 Å². The molecule has 0 spiro atoms. The average molecular weight is 443 g/mol. The van der Waals surface area contributed by atoms with Gasteiger partial charge >= 0.3 is 5.97 Å². The summed E-state index contributed by atoms with van der Waals surface area (Å²) in [5, 5.41) is 9.57. The number of fused-ring (bicyclic) bond motifs is 5. The van der Waals surface area contributed by atoms with Crippen molar-refractivity contribution in [3.05, 3.63) is 11.6 Å². The molecule has 182 valence electrons. The molecule has 2 heteroatoms. The zero-order valence-electron chi connectivity index (χ0n) is 22.3. The first kappa shape index (κ1) is 24.3. The van der Waals surface area contributed by atoms with E-state index in [1.807, 2.05) is 0 Å². The first-order chi connectivity index (χ1) is 14.7. The Balaban J connectivity index is 1.75. The van der Waals surface area contributed by atoms with Crippen molar-refractivity contribution in [2.45, 2.75) is 120 Å². The molecular weight excluding hydrogens is 392 g/mol. The van der Waals surface area contributed by atoms with E-state index in [1.165, 1.54) is 51.4 Å². The molecule has 4 aliphatic carbocycles. The van der Waals surface area contributed by atoms with Crippen LogP contribution in [0.2, 0.25) is 0 Å². The van der Waals surface area contributed by atoms with Crippen LogP contribution in [0.5, 0.6) is 0 Å². The number of carbonyl (C=O) groups is 1. The Morgan fingerprint density at radius 1 is 0.969 bits per heavy atom. The van der Waals surface area contributed by atoms with Crippen molar-refractivity contribution in [3.8, 4) is 0 Å². The van der Waals surface area contributed by atoms with E-state index >= 15 is 0 Å². The fourth-order valence-electron chi connectivity index (χ4n) is 10.1. The Morgan fingerprint density at radius 3 is 2.22 bits per heavy atom. The zero-order valence-corrected chi connectivity index (χ0v) is 22.3. The van der Waals surface area contributed by atoms with Gasteiger partial charge in [-0.3, -0.25) is 4.79 Å². The molecule has 3 saturated carbocycles. The number of carboxylic acids is 1. The highest BCUT2D eigenvalue weighted by Gasteiger charge is 2.64. The monoisotopic (exact) mass is 442 g/mol. The molecule has 1 N–H and O–H groups in total. The molecule has 0 bridgehead atoms. The number of hydrogen-bond donors (Lipinski definition) is 1. The molecule has 2 nitrogen and oxygen atoms in total. The van der Waals surface area contributed by atoms with Crippen LogP contribution in [-0.2, 0) is 4.79 Å². The van der Waals surface area contributed by atoms with E-state index in [4.69, 9.17) is 0 Å². The van der Waals surface area contributed by atoms with E-state index in [-0.39, 0.29) is 10.8 Å². The van der Waals surface area contributed by atoms with E-state index in [9.17, 15) is 9.90 Å². The normalized spacial score (nSPS) is 47.8. The molecule has 0 heterocycles. The van der Waals surface area contributed by atoms with Crippen LogP contribution in [0.15, 0.2) is 11.6 Å². The van der Waals surface area contributed by atoms with Crippen LogP contribution < -0.4 is 0 Å². The van der Waals surface area contributed by atoms with Gasteiger partial charge in [-0.2, -0.15) is 0 Å². The van der Waals surface area contributed by atoms with Gasteiger partial charge in [-0.1, -0.05) is 67.0 Å². The minimum Gasteiger partial charge on any atom is -0.481 e. The first-order valence-corrected chi connectivity index (χ1v) is 13.6. The van der Waals surface area contributed by atoms with Gasteiger partial charge in [0.2, 0.25) is 0 Å². The van der Waals surface area contributed by atoms with Crippen molar-refractivity contribution in [3.63, 3.8) is 0 Å². The van der Waals surface area contributed by atoms with Crippen molar-refractivity contribution < 1.29 is 9.90 Å². The first-order valence-electron chi connectivity index (χ1n) is 13.6. The molecule has 0 aromatic rings. The standard InChI is InChI=1S/C30H50O2/c1-20(2)21-9-14-29(7)22(28(21,6)16-12-25(31)32)11-15-30(8)23(29)10-13-27(5)18-17-26(3,4)19-24(27)30/h10,20-22,24H,9,11-19H2,1-8H3,(H,31,32)/t21-,22+,24+,27-,28-,29+,30+/m0/s1. The summed E-state index contributed by atoms with van der Waals surface area (Å²) >= 11 is 0. The van der Waals surface area contributed by atoms with Gasteiger partial charge in [-0.15, -0.1) is 0 Å². The summed E-state index contributed by atoms with van der Waals surface area (Å²) in [6.07, 6.45) is 14.3. The second-order valence-corrected chi connectivity index (χ2v) is 14.6. The molecule has 0 unspecified atom stereocenters. The minimum absolute atomic E-state index is 0.119. The maximum atomic E-state index is 11.6. The largest absolute Gasteiger partial charge is 0.481 e. The number of hydrogen-bond acceptors (Lipinski definition) is 1. The molecule has 0 aromatic heterocycles. The fourth-order valence-corrected chi connectivity index (χ4v) is 10.1. The van der Waals surface area contributed by atoms with Crippen molar-refractivity contribution in [1.29, 1.82) is 0 Å².